The van der Waals surface area contributed by atoms with Crippen molar-refractivity contribution in [3.05, 3.63) is 89.6 Å². The molecule has 1 aromatic carbocycles. The minimum atomic E-state index is -0.201. The third kappa shape index (κ3) is 5.27. The number of nitrogens with zero attached hydrogens (tertiary/aromatic N) is 3. The molecule has 1 amide bonds. The molecule has 2 aromatic heterocycles. The van der Waals surface area contributed by atoms with Gasteiger partial charge in [0.1, 0.15) is 11.6 Å². The zero-order chi connectivity index (χ0) is 20.8. The van der Waals surface area contributed by atoms with Crippen LogP contribution in [0.5, 0.6) is 0 Å². The van der Waals surface area contributed by atoms with Gasteiger partial charge in [-0.05, 0) is 55.3 Å². The monoisotopic (exact) mass is 404 g/mol. The van der Waals surface area contributed by atoms with E-state index in [-0.39, 0.29) is 17.6 Å². The first-order valence-corrected chi connectivity index (χ1v) is 10.3. The number of amides is 1. The molecule has 3 aromatic rings. The number of rotatable bonds is 6. The molecule has 3 heterocycles. The number of aromatic nitrogens is 2. The summed E-state index contributed by atoms with van der Waals surface area (Å²) in [4.78, 5) is 23.5. The van der Waals surface area contributed by atoms with E-state index in [2.05, 4.69) is 15.2 Å². The lowest BCUT2D eigenvalue weighted by molar-refractivity contribution is -0.117. The van der Waals surface area contributed by atoms with Crippen LogP contribution >= 0.6 is 0 Å². The molecule has 4 rings (SSSR count). The van der Waals surface area contributed by atoms with E-state index in [0.29, 0.717) is 24.3 Å². The number of anilines is 1. The van der Waals surface area contributed by atoms with Gasteiger partial charge in [-0.1, -0.05) is 30.3 Å². The number of pyridine rings is 2. The normalized spacial score (nSPS) is 16.9. The molecular formula is C24H25FN4O. The van der Waals surface area contributed by atoms with Crippen LogP contribution in [0.25, 0.3) is 0 Å². The molecule has 0 spiro atoms. The first-order valence-electron chi connectivity index (χ1n) is 10.3. The van der Waals surface area contributed by atoms with Crippen LogP contribution < -0.4 is 5.32 Å². The predicted molar refractivity (Wildman–Crippen MR) is 115 cm³/mol. The minimum Gasteiger partial charge on any atom is -0.310 e. The maximum Gasteiger partial charge on any atom is 0.239 e. The number of carbonyl (C=O) groups excluding carboxylic acids is 1. The van der Waals surface area contributed by atoms with Crippen LogP contribution in [0.4, 0.5) is 10.2 Å². The minimum absolute atomic E-state index is 0.0596. The zero-order valence-electron chi connectivity index (χ0n) is 16.8. The van der Waals surface area contributed by atoms with E-state index in [4.69, 9.17) is 4.98 Å². The van der Waals surface area contributed by atoms with Gasteiger partial charge >= 0.3 is 0 Å². The summed E-state index contributed by atoms with van der Waals surface area (Å²) in [5.41, 5.74) is 2.53. The van der Waals surface area contributed by atoms with Crippen molar-refractivity contribution in [3.8, 4) is 0 Å². The smallest absolute Gasteiger partial charge is 0.239 e. The lowest BCUT2D eigenvalue weighted by Gasteiger charge is -2.32. The Bertz CT molecular complexity index is 995. The Balaban J connectivity index is 1.38. The fourth-order valence-corrected chi connectivity index (χ4v) is 3.92. The average molecular weight is 404 g/mol. The molecule has 1 aliphatic heterocycles. The highest BCUT2D eigenvalue weighted by Gasteiger charge is 2.24. The van der Waals surface area contributed by atoms with Gasteiger partial charge < -0.3 is 5.32 Å². The van der Waals surface area contributed by atoms with Gasteiger partial charge in [-0.3, -0.25) is 14.7 Å². The summed E-state index contributed by atoms with van der Waals surface area (Å²) >= 11 is 0. The standard InChI is InChI=1S/C24H25FN4O/c25-21-10-2-1-7-18(21)15-20-9-5-11-22(27-20)19-8-6-14-29(16-19)17-24(30)28-23-12-3-4-13-26-23/h1-5,7,9-13,19H,6,8,14-17H2,(H,26,28,30)/t19-/m1/s1. The zero-order valence-corrected chi connectivity index (χ0v) is 16.8. The summed E-state index contributed by atoms with van der Waals surface area (Å²) in [6.07, 6.45) is 4.19. The third-order valence-corrected chi connectivity index (χ3v) is 5.38. The number of likely N-dealkylation sites (tertiary alicyclic amines) is 1. The molecule has 0 bridgehead atoms. The molecule has 1 saturated heterocycles. The van der Waals surface area contributed by atoms with Gasteiger partial charge in [0, 0.05) is 36.5 Å². The quantitative estimate of drug-likeness (QED) is 0.674. The molecule has 6 heteroatoms. The van der Waals surface area contributed by atoms with E-state index < -0.39 is 0 Å². The van der Waals surface area contributed by atoms with Crippen LogP contribution in [0.15, 0.2) is 66.9 Å². The van der Waals surface area contributed by atoms with Gasteiger partial charge in [-0.2, -0.15) is 0 Å². The van der Waals surface area contributed by atoms with Crippen molar-refractivity contribution in [2.75, 3.05) is 25.0 Å². The van der Waals surface area contributed by atoms with E-state index in [1.165, 1.54) is 6.07 Å². The van der Waals surface area contributed by atoms with Crippen LogP contribution in [-0.2, 0) is 11.2 Å². The molecule has 1 fully saturated rings. The summed E-state index contributed by atoms with van der Waals surface area (Å²) < 4.78 is 14.0. The van der Waals surface area contributed by atoms with Gasteiger partial charge in [0.2, 0.25) is 5.91 Å². The van der Waals surface area contributed by atoms with E-state index >= 15 is 0 Å². The first-order chi connectivity index (χ1) is 14.7. The molecule has 0 unspecified atom stereocenters. The largest absolute Gasteiger partial charge is 0.310 e. The Morgan fingerprint density at radius 1 is 1.10 bits per heavy atom. The summed E-state index contributed by atoms with van der Waals surface area (Å²) in [5, 5.41) is 2.84. The Morgan fingerprint density at radius 3 is 2.80 bits per heavy atom. The summed E-state index contributed by atoms with van der Waals surface area (Å²) in [6, 6.07) is 18.2. The maximum absolute atomic E-state index is 14.0. The highest BCUT2D eigenvalue weighted by molar-refractivity contribution is 5.91. The average Bonchev–Trinajstić information content (AvgIpc) is 2.76. The number of carbonyl (C=O) groups is 1. The van der Waals surface area contributed by atoms with Crippen LogP contribution in [0.1, 0.15) is 35.7 Å². The van der Waals surface area contributed by atoms with Crippen molar-refractivity contribution in [3.63, 3.8) is 0 Å². The molecule has 0 saturated carbocycles. The highest BCUT2D eigenvalue weighted by atomic mass is 19.1. The van der Waals surface area contributed by atoms with Crippen LogP contribution in [-0.4, -0.2) is 40.4 Å². The second-order valence-corrected chi connectivity index (χ2v) is 7.66. The van der Waals surface area contributed by atoms with Crippen LogP contribution in [0.3, 0.4) is 0 Å². The third-order valence-electron chi connectivity index (χ3n) is 5.38. The second kappa shape index (κ2) is 9.59. The van der Waals surface area contributed by atoms with Gasteiger partial charge in [0.05, 0.1) is 6.54 Å². The Hall–Kier alpha value is -3.12. The number of hydrogen-bond acceptors (Lipinski definition) is 4. The molecule has 0 aliphatic carbocycles. The van der Waals surface area contributed by atoms with Gasteiger partial charge in [0.15, 0.2) is 0 Å². The number of nitrogens with one attached hydrogen (secondary N) is 1. The topological polar surface area (TPSA) is 58.1 Å². The van der Waals surface area contributed by atoms with Crippen molar-refractivity contribution in [1.82, 2.24) is 14.9 Å². The first kappa shape index (κ1) is 20.2. The van der Waals surface area contributed by atoms with E-state index in [1.807, 2.05) is 36.4 Å². The Morgan fingerprint density at radius 2 is 1.97 bits per heavy atom. The molecule has 0 radical (unpaired) electrons. The van der Waals surface area contributed by atoms with Gasteiger partial charge in [0.25, 0.3) is 0 Å². The number of halogens is 1. The van der Waals surface area contributed by atoms with Crippen molar-refractivity contribution >= 4 is 11.7 Å². The van der Waals surface area contributed by atoms with Gasteiger partial charge in [-0.15, -0.1) is 0 Å². The lowest BCUT2D eigenvalue weighted by atomic mass is 9.94. The molecule has 154 valence electrons. The summed E-state index contributed by atoms with van der Waals surface area (Å²) in [7, 11) is 0. The maximum atomic E-state index is 14.0. The van der Waals surface area contributed by atoms with Crippen molar-refractivity contribution in [1.29, 1.82) is 0 Å². The van der Waals surface area contributed by atoms with Crippen LogP contribution in [0, 0.1) is 5.82 Å². The van der Waals surface area contributed by atoms with Crippen LogP contribution in [0.2, 0.25) is 0 Å². The van der Waals surface area contributed by atoms with Crippen molar-refractivity contribution in [2.24, 2.45) is 0 Å². The fraction of sp³-hybridized carbons (Fsp3) is 0.292. The number of benzene rings is 1. The highest BCUT2D eigenvalue weighted by Crippen LogP contribution is 2.26. The Labute approximate surface area is 176 Å². The molecule has 1 aliphatic rings. The second-order valence-electron chi connectivity index (χ2n) is 7.66. The number of piperidine rings is 1. The SMILES string of the molecule is O=C(CN1CCC[C@@H](c2cccc(Cc3ccccc3F)n2)C1)Nc1ccccn1. The molecule has 5 nitrogen and oxygen atoms in total. The molecule has 1 N–H and O–H groups in total. The van der Waals surface area contributed by atoms with E-state index in [0.717, 1.165) is 37.3 Å². The molecule has 30 heavy (non-hydrogen) atoms. The Kier molecular flexibility index (Phi) is 6.44. The van der Waals surface area contributed by atoms with Gasteiger partial charge in [-0.25, -0.2) is 9.37 Å². The fourth-order valence-electron chi connectivity index (χ4n) is 3.92. The molecular weight excluding hydrogens is 379 g/mol. The predicted octanol–water partition coefficient (Wildman–Crippen LogP) is 4.02. The lowest BCUT2D eigenvalue weighted by Crippen LogP contribution is -2.40. The summed E-state index contributed by atoms with van der Waals surface area (Å²) in [6.45, 7) is 2.01. The molecule has 1 atom stereocenters. The summed E-state index contributed by atoms with van der Waals surface area (Å²) in [5.74, 6) is 0.573. The number of hydrogen-bond donors (Lipinski definition) is 1. The van der Waals surface area contributed by atoms with E-state index in [1.54, 1.807) is 24.4 Å². The van der Waals surface area contributed by atoms with E-state index in [9.17, 15) is 9.18 Å². The van der Waals surface area contributed by atoms with Crippen molar-refractivity contribution < 1.29 is 9.18 Å². The van der Waals surface area contributed by atoms with Crippen molar-refractivity contribution in [2.45, 2.75) is 25.2 Å².